The number of nitrogens with one attached hydrogen (secondary N) is 1. The Morgan fingerprint density at radius 1 is 1.38 bits per heavy atom. The molecular formula is C12H11BrN2O4S2. The summed E-state index contributed by atoms with van der Waals surface area (Å²) in [7, 11) is -2.41. The first kappa shape index (κ1) is 15.9. The number of halogens is 1. The summed E-state index contributed by atoms with van der Waals surface area (Å²) in [4.78, 5) is 15.3. The van der Waals surface area contributed by atoms with Gasteiger partial charge in [-0.1, -0.05) is 15.9 Å². The van der Waals surface area contributed by atoms with E-state index in [4.69, 9.17) is 0 Å². The van der Waals surface area contributed by atoms with Gasteiger partial charge in [0.25, 0.3) is 10.0 Å². The summed E-state index contributed by atoms with van der Waals surface area (Å²) in [5.74, 6) is -0.428. The molecule has 0 saturated carbocycles. The zero-order chi connectivity index (χ0) is 15.5. The predicted octanol–water partition coefficient (Wildman–Crippen LogP) is 2.42. The second kappa shape index (κ2) is 6.54. The Morgan fingerprint density at radius 2 is 2.05 bits per heavy atom. The van der Waals surface area contributed by atoms with E-state index in [9.17, 15) is 13.2 Å². The maximum atomic E-state index is 12.1. The van der Waals surface area contributed by atoms with Crippen LogP contribution in [0.1, 0.15) is 5.69 Å². The number of hydrogen-bond acceptors (Lipinski definition) is 6. The van der Waals surface area contributed by atoms with E-state index in [1.165, 1.54) is 19.2 Å². The molecule has 2 aromatic rings. The van der Waals surface area contributed by atoms with Gasteiger partial charge in [-0.2, -0.15) is 0 Å². The highest BCUT2D eigenvalue weighted by molar-refractivity contribution is 9.10. The lowest BCUT2D eigenvalue weighted by atomic mass is 10.3. The van der Waals surface area contributed by atoms with Crippen molar-refractivity contribution in [3.63, 3.8) is 0 Å². The third-order valence-electron chi connectivity index (χ3n) is 2.45. The molecule has 1 heterocycles. The Morgan fingerprint density at radius 3 is 2.67 bits per heavy atom. The summed E-state index contributed by atoms with van der Waals surface area (Å²) in [6, 6.07) is 6.24. The fourth-order valence-corrected chi connectivity index (χ4v) is 3.67. The molecule has 9 heteroatoms. The lowest BCUT2D eigenvalue weighted by molar-refractivity contribution is -0.139. The number of methoxy groups -OCH3 is 1. The van der Waals surface area contributed by atoms with Gasteiger partial charge in [-0.05, 0) is 24.3 Å². The molecule has 0 spiro atoms. The molecule has 0 radical (unpaired) electrons. The van der Waals surface area contributed by atoms with Crippen LogP contribution in [0.2, 0.25) is 0 Å². The molecule has 0 amide bonds. The van der Waals surface area contributed by atoms with Gasteiger partial charge in [-0.3, -0.25) is 9.52 Å². The number of nitrogens with zero attached hydrogens (tertiary/aromatic N) is 1. The number of ether oxygens (including phenoxy) is 1. The molecule has 0 aliphatic rings. The SMILES string of the molecule is COC(=O)Cc1csc(NS(=O)(=O)c2ccc(Br)cc2)n1. The van der Waals surface area contributed by atoms with Crippen molar-refractivity contribution in [3.05, 3.63) is 39.8 Å². The number of hydrogen-bond donors (Lipinski definition) is 1. The van der Waals surface area contributed by atoms with E-state index >= 15 is 0 Å². The Labute approximate surface area is 134 Å². The summed E-state index contributed by atoms with van der Waals surface area (Å²) in [6.07, 6.45) is 0.00696. The minimum Gasteiger partial charge on any atom is -0.469 e. The minimum absolute atomic E-state index is 0.00696. The van der Waals surface area contributed by atoms with Gasteiger partial charge < -0.3 is 4.74 Å². The second-order valence-electron chi connectivity index (χ2n) is 3.96. The van der Waals surface area contributed by atoms with Crippen molar-refractivity contribution in [3.8, 4) is 0 Å². The first-order chi connectivity index (χ1) is 9.90. The maximum Gasteiger partial charge on any atom is 0.311 e. The Balaban J connectivity index is 2.14. The van der Waals surface area contributed by atoms with Crippen LogP contribution in [0, 0.1) is 0 Å². The molecule has 112 valence electrons. The molecule has 0 aliphatic heterocycles. The minimum atomic E-state index is -3.69. The number of sulfonamides is 1. The van der Waals surface area contributed by atoms with Gasteiger partial charge in [0.2, 0.25) is 0 Å². The van der Waals surface area contributed by atoms with Gasteiger partial charge in [-0.25, -0.2) is 13.4 Å². The van der Waals surface area contributed by atoms with Gasteiger partial charge >= 0.3 is 5.97 Å². The van der Waals surface area contributed by atoms with Crippen molar-refractivity contribution in [2.75, 3.05) is 11.8 Å². The first-order valence-electron chi connectivity index (χ1n) is 5.70. The highest BCUT2D eigenvalue weighted by Gasteiger charge is 2.16. The fraction of sp³-hybridized carbons (Fsp3) is 0.167. The van der Waals surface area contributed by atoms with Gasteiger partial charge in [0.15, 0.2) is 5.13 Å². The third kappa shape index (κ3) is 4.26. The standard InChI is InChI=1S/C12H11BrN2O4S2/c1-19-11(16)6-9-7-20-12(14-9)15-21(17,18)10-4-2-8(13)3-5-10/h2-5,7H,6H2,1H3,(H,14,15). The third-order valence-corrected chi connectivity index (χ3v) is 5.27. The molecule has 1 aromatic carbocycles. The largest absolute Gasteiger partial charge is 0.469 e. The monoisotopic (exact) mass is 390 g/mol. The summed E-state index contributed by atoms with van der Waals surface area (Å²) in [5.41, 5.74) is 0.459. The van der Waals surface area contributed by atoms with Gasteiger partial charge in [0.05, 0.1) is 24.1 Å². The summed E-state index contributed by atoms with van der Waals surface area (Å²) < 4.78 is 32.0. The van der Waals surface area contributed by atoms with Crippen LogP contribution in [-0.4, -0.2) is 26.5 Å². The number of thiazole rings is 1. The number of benzene rings is 1. The molecule has 0 atom stereocenters. The molecule has 0 aliphatic carbocycles. The molecule has 1 N–H and O–H groups in total. The van der Waals surface area contributed by atoms with E-state index in [2.05, 4.69) is 30.4 Å². The molecule has 2 rings (SSSR count). The summed E-state index contributed by atoms with van der Waals surface area (Å²) >= 11 is 4.35. The van der Waals surface area contributed by atoms with Crippen molar-refractivity contribution in [2.24, 2.45) is 0 Å². The number of aromatic nitrogens is 1. The fourth-order valence-electron chi connectivity index (χ4n) is 1.44. The van der Waals surface area contributed by atoms with E-state index in [1.54, 1.807) is 17.5 Å². The van der Waals surface area contributed by atoms with E-state index < -0.39 is 16.0 Å². The van der Waals surface area contributed by atoms with Gasteiger partial charge in [0.1, 0.15) is 0 Å². The highest BCUT2D eigenvalue weighted by Crippen LogP contribution is 2.21. The molecule has 6 nitrogen and oxygen atoms in total. The Bertz CT molecular complexity index is 741. The summed E-state index contributed by atoms with van der Waals surface area (Å²) in [5, 5.41) is 1.81. The average Bonchev–Trinajstić information content (AvgIpc) is 2.85. The van der Waals surface area contributed by atoms with Crippen molar-refractivity contribution in [2.45, 2.75) is 11.3 Å². The average molecular weight is 391 g/mol. The molecule has 0 unspecified atom stereocenters. The van der Waals surface area contributed by atoms with Crippen molar-refractivity contribution >= 4 is 48.4 Å². The van der Waals surface area contributed by atoms with Crippen LogP contribution in [-0.2, 0) is 26.0 Å². The molecule has 0 bridgehead atoms. The Kier molecular flexibility index (Phi) is 4.96. The number of anilines is 1. The second-order valence-corrected chi connectivity index (χ2v) is 7.41. The van der Waals surface area contributed by atoms with Crippen LogP contribution in [0.4, 0.5) is 5.13 Å². The van der Waals surface area contributed by atoms with Crippen LogP contribution in [0.5, 0.6) is 0 Å². The first-order valence-corrected chi connectivity index (χ1v) is 8.86. The van der Waals surface area contributed by atoms with Gasteiger partial charge in [0, 0.05) is 9.85 Å². The number of rotatable bonds is 5. The lowest BCUT2D eigenvalue weighted by Crippen LogP contribution is -2.13. The van der Waals surface area contributed by atoms with Crippen LogP contribution in [0.3, 0.4) is 0 Å². The number of carbonyl (C=O) groups is 1. The number of esters is 1. The smallest absolute Gasteiger partial charge is 0.311 e. The highest BCUT2D eigenvalue weighted by atomic mass is 79.9. The van der Waals surface area contributed by atoms with Crippen LogP contribution in [0.15, 0.2) is 39.0 Å². The van der Waals surface area contributed by atoms with Crippen molar-refractivity contribution in [1.82, 2.24) is 4.98 Å². The normalized spacial score (nSPS) is 11.1. The maximum absolute atomic E-state index is 12.1. The molecule has 0 fully saturated rings. The summed E-state index contributed by atoms with van der Waals surface area (Å²) in [6.45, 7) is 0. The topological polar surface area (TPSA) is 85.4 Å². The van der Waals surface area contributed by atoms with E-state index in [0.717, 1.165) is 15.8 Å². The van der Waals surface area contributed by atoms with E-state index in [-0.39, 0.29) is 16.4 Å². The number of carbonyl (C=O) groups excluding carboxylic acids is 1. The molecule has 0 saturated heterocycles. The van der Waals surface area contributed by atoms with Crippen LogP contribution < -0.4 is 4.72 Å². The van der Waals surface area contributed by atoms with Crippen molar-refractivity contribution in [1.29, 1.82) is 0 Å². The lowest BCUT2D eigenvalue weighted by Gasteiger charge is -2.04. The predicted molar refractivity (Wildman–Crippen MR) is 82.8 cm³/mol. The quantitative estimate of drug-likeness (QED) is 0.792. The Hall–Kier alpha value is -1.45. The van der Waals surface area contributed by atoms with Crippen molar-refractivity contribution < 1.29 is 17.9 Å². The van der Waals surface area contributed by atoms with E-state index in [0.29, 0.717) is 5.69 Å². The molecule has 1 aromatic heterocycles. The zero-order valence-electron chi connectivity index (χ0n) is 10.9. The molecule has 21 heavy (non-hydrogen) atoms. The van der Waals surface area contributed by atoms with Crippen LogP contribution >= 0.6 is 27.3 Å². The van der Waals surface area contributed by atoms with Crippen LogP contribution in [0.25, 0.3) is 0 Å². The van der Waals surface area contributed by atoms with E-state index in [1.807, 2.05) is 0 Å². The van der Waals surface area contributed by atoms with Gasteiger partial charge in [-0.15, -0.1) is 11.3 Å². The molecular weight excluding hydrogens is 380 g/mol. The zero-order valence-corrected chi connectivity index (χ0v) is 14.1.